The van der Waals surface area contributed by atoms with Crippen molar-refractivity contribution in [2.45, 2.75) is 32.2 Å². The molecule has 1 N–H and O–H groups in total. The van der Waals surface area contributed by atoms with Crippen LogP contribution in [0.15, 0.2) is 42.5 Å². The fraction of sp³-hybridized carbons (Fsp3) is 0.333. The minimum absolute atomic E-state index is 0.0529. The smallest absolute Gasteiger partial charge is 0.220 e. The van der Waals surface area contributed by atoms with Crippen molar-refractivity contribution in [2.75, 3.05) is 14.2 Å². The number of hydrogen-bond acceptors (Lipinski definition) is 5. The van der Waals surface area contributed by atoms with Crippen LogP contribution in [0.5, 0.6) is 11.5 Å². The number of rotatable bonds is 9. The Morgan fingerprint density at radius 2 is 1.96 bits per heavy atom. The molecule has 0 spiro atoms. The minimum atomic E-state index is 0.0529. The molecule has 0 fully saturated rings. The molecule has 1 amide bonds. The number of aryl methyl sites for hydroxylation is 1. The van der Waals surface area contributed by atoms with Gasteiger partial charge in [0.25, 0.3) is 0 Å². The molecule has 5 nitrogen and oxygen atoms in total. The van der Waals surface area contributed by atoms with Gasteiger partial charge >= 0.3 is 0 Å². The Kier molecular flexibility index (Phi) is 6.65. The quantitative estimate of drug-likeness (QED) is 0.558. The molecule has 0 bridgehead atoms. The van der Waals surface area contributed by atoms with Gasteiger partial charge in [0.1, 0.15) is 11.5 Å². The van der Waals surface area contributed by atoms with Gasteiger partial charge in [-0.1, -0.05) is 12.1 Å². The third kappa shape index (κ3) is 5.20. The SMILES string of the molecule is COc1ccc(CNC(=O)CCCCc2nc3ccccc3s2)c(OC)c1. The Hall–Kier alpha value is -2.60. The highest BCUT2D eigenvalue weighted by Gasteiger charge is 2.08. The standard InChI is InChI=1S/C21H24N2O3S/c1-25-16-12-11-15(18(13-16)26-2)14-22-20(24)9-5-6-10-21-23-17-7-3-4-8-19(17)27-21/h3-4,7-8,11-13H,5-6,9-10,14H2,1-2H3,(H,22,24). The Morgan fingerprint density at radius 3 is 2.74 bits per heavy atom. The fourth-order valence-electron chi connectivity index (χ4n) is 2.87. The summed E-state index contributed by atoms with van der Waals surface area (Å²) in [5.41, 5.74) is 1.99. The van der Waals surface area contributed by atoms with E-state index in [9.17, 15) is 4.79 Å². The van der Waals surface area contributed by atoms with Crippen LogP contribution in [0.4, 0.5) is 0 Å². The number of fused-ring (bicyclic) bond motifs is 1. The van der Waals surface area contributed by atoms with Crippen LogP contribution in [0.2, 0.25) is 0 Å². The van der Waals surface area contributed by atoms with Crippen molar-refractivity contribution in [1.29, 1.82) is 0 Å². The van der Waals surface area contributed by atoms with Crippen molar-refractivity contribution in [3.63, 3.8) is 0 Å². The molecule has 3 aromatic rings. The van der Waals surface area contributed by atoms with Gasteiger partial charge in [0.2, 0.25) is 5.91 Å². The number of para-hydroxylation sites is 1. The van der Waals surface area contributed by atoms with Gasteiger partial charge in [0.15, 0.2) is 0 Å². The molecule has 0 aliphatic heterocycles. The number of thiazole rings is 1. The Bertz CT molecular complexity index is 874. The minimum Gasteiger partial charge on any atom is -0.497 e. The van der Waals surface area contributed by atoms with Gasteiger partial charge in [-0.3, -0.25) is 4.79 Å². The number of methoxy groups -OCH3 is 2. The molecule has 0 unspecified atom stereocenters. The summed E-state index contributed by atoms with van der Waals surface area (Å²) >= 11 is 1.73. The zero-order valence-corrected chi connectivity index (χ0v) is 16.5. The van der Waals surface area contributed by atoms with Gasteiger partial charge in [-0.15, -0.1) is 11.3 Å². The Labute approximate surface area is 163 Å². The van der Waals surface area contributed by atoms with Crippen LogP contribution in [0.1, 0.15) is 29.8 Å². The van der Waals surface area contributed by atoms with E-state index >= 15 is 0 Å². The van der Waals surface area contributed by atoms with E-state index in [0.29, 0.717) is 18.7 Å². The molecule has 2 aromatic carbocycles. The summed E-state index contributed by atoms with van der Waals surface area (Å²) in [7, 11) is 3.23. The fourth-order valence-corrected chi connectivity index (χ4v) is 3.88. The van der Waals surface area contributed by atoms with Crippen LogP contribution in [0, 0.1) is 0 Å². The first-order valence-electron chi connectivity index (χ1n) is 9.01. The third-order valence-electron chi connectivity index (χ3n) is 4.35. The highest BCUT2D eigenvalue weighted by atomic mass is 32.1. The van der Waals surface area contributed by atoms with Crippen molar-refractivity contribution >= 4 is 27.5 Å². The summed E-state index contributed by atoms with van der Waals surface area (Å²) < 4.78 is 11.8. The average molecular weight is 385 g/mol. The van der Waals surface area contributed by atoms with E-state index in [1.165, 1.54) is 4.70 Å². The monoisotopic (exact) mass is 384 g/mol. The van der Waals surface area contributed by atoms with Crippen LogP contribution < -0.4 is 14.8 Å². The summed E-state index contributed by atoms with van der Waals surface area (Å²) in [6.45, 7) is 0.448. The van der Waals surface area contributed by atoms with Crippen molar-refractivity contribution < 1.29 is 14.3 Å². The van der Waals surface area contributed by atoms with Crippen molar-refractivity contribution in [3.8, 4) is 11.5 Å². The third-order valence-corrected chi connectivity index (χ3v) is 5.45. The topological polar surface area (TPSA) is 60.5 Å². The van der Waals surface area contributed by atoms with Crippen LogP contribution in [-0.4, -0.2) is 25.1 Å². The van der Waals surface area contributed by atoms with E-state index in [2.05, 4.69) is 16.4 Å². The van der Waals surface area contributed by atoms with E-state index < -0.39 is 0 Å². The zero-order valence-electron chi connectivity index (χ0n) is 15.7. The molecule has 0 atom stereocenters. The molecule has 0 aliphatic rings. The molecule has 0 radical (unpaired) electrons. The second kappa shape index (κ2) is 9.37. The number of aromatic nitrogens is 1. The summed E-state index contributed by atoms with van der Waals surface area (Å²) in [5, 5.41) is 4.10. The first-order chi connectivity index (χ1) is 13.2. The van der Waals surface area contributed by atoms with E-state index in [1.54, 1.807) is 25.6 Å². The van der Waals surface area contributed by atoms with Gasteiger partial charge in [0.05, 0.1) is 29.4 Å². The van der Waals surface area contributed by atoms with Crippen LogP contribution in [0.3, 0.4) is 0 Å². The maximum Gasteiger partial charge on any atom is 0.220 e. The number of carbonyl (C=O) groups excluding carboxylic acids is 1. The molecule has 1 heterocycles. The summed E-state index contributed by atoms with van der Waals surface area (Å²) in [5.74, 6) is 1.50. The molecule has 0 saturated carbocycles. The maximum absolute atomic E-state index is 12.1. The number of ether oxygens (including phenoxy) is 2. The molecule has 0 saturated heterocycles. The number of hydrogen-bond donors (Lipinski definition) is 1. The summed E-state index contributed by atoms with van der Waals surface area (Å²) in [4.78, 5) is 16.7. The lowest BCUT2D eigenvalue weighted by Crippen LogP contribution is -2.22. The van der Waals surface area contributed by atoms with E-state index in [-0.39, 0.29) is 5.91 Å². The largest absolute Gasteiger partial charge is 0.497 e. The lowest BCUT2D eigenvalue weighted by Gasteiger charge is -2.11. The van der Waals surface area contributed by atoms with Crippen molar-refractivity contribution in [1.82, 2.24) is 10.3 Å². The van der Waals surface area contributed by atoms with E-state index in [4.69, 9.17) is 9.47 Å². The van der Waals surface area contributed by atoms with E-state index in [0.717, 1.165) is 41.1 Å². The van der Waals surface area contributed by atoms with Crippen molar-refractivity contribution in [2.24, 2.45) is 0 Å². The van der Waals surface area contributed by atoms with Crippen LogP contribution >= 0.6 is 11.3 Å². The van der Waals surface area contributed by atoms with Gasteiger partial charge in [-0.05, 0) is 43.5 Å². The number of unbranched alkanes of at least 4 members (excludes halogenated alkanes) is 1. The molecule has 27 heavy (non-hydrogen) atoms. The normalized spacial score (nSPS) is 10.7. The van der Waals surface area contributed by atoms with E-state index in [1.807, 2.05) is 36.4 Å². The summed E-state index contributed by atoms with van der Waals surface area (Å²) in [6, 6.07) is 13.8. The lowest BCUT2D eigenvalue weighted by molar-refractivity contribution is -0.121. The molecule has 3 rings (SSSR count). The Morgan fingerprint density at radius 1 is 1.11 bits per heavy atom. The van der Waals surface area contributed by atoms with Gasteiger partial charge in [-0.25, -0.2) is 4.98 Å². The average Bonchev–Trinajstić information content (AvgIpc) is 3.12. The number of nitrogens with one attached hydrogen (secondary N) is 1. The summed E-state index contributed by atoms with van der Waals surface area (Å²) in [6.07, 6.45) is 3.24. The number of amides is 1. The van der Waals surface area contributed by atoms with Crippen molar-refractivity contribution in [3.05, 3.63) is 53.0 Å². The number of benzene rings is 2. The molecule has 1 aromatic heterocycles. The molecular weight excluding hydrogens is 360 g/mol. The Balaban J connectivity index is 1.41. The molecular formula is C21H24N2O3S. The van der Waals surface area contributed by atoms with Gasteiger partial charge in [-0.2, -0.15) is 0 Å². The molecule has 6 heteroatoms. The predicted octanol–water partition coefficient (Wildman–Crippen LogP) is 4.34. The highest BCUT2D eigenvalue weighted by Crippen LogP contribution is 2.25. The number of nitrogens with zero attached hydrogens (tertiary/aromatic N) is 1. The molecule has 142 valence electrons. The second-order valence-electron chi connectivity index (χ2n) is 6.24. The molecule has 0 aliphatic carbocycles. The first kappa shape index (κ1) is 19.2. The first-order valence-corrected chi connectivity index (χ1v) is 9.83. The maximum atomic E-state index is 12.1. The highest BCUT2D eigenvalue weighted by molar-refractivity contribution is 7.18. The predicted molar refractivity (Wildman–Crippen MR) is 109 cm³/mol. The zero-order chi connectivity index (χ0) is 19.1. The number of carbonyl (C=O) groups is 1. The van der Waals surface area contributed by atoms with Gasteiger partial charge < -0.3 is 14.8 Å². The lowest BCUT2D eigenvalue weighted by atomic mass is 10.1. The van der Waals surface area contributed by atoms with Gasteiger partial charge in [0, 0.05) is 24.6 Å². The van der Waals surface area contributed by atoms with Crippen LogP contribution in [-0.2, 0) is 17.8 Å². The second-order valence-corrected chi connectivity index (χ2v) is 7.35. The van der Waals surface area contributed by atoms with Crippen LogP contribution in [0.25, 0.3) is 10.2 Å².